The third-order valence-electron chi connectivity index (χ3n) is 3.02. The van der Waals surface area contributed by atoms with Crippen LogP contribution in [0.1, 0.15) is 6.92 Å². The molecule has 7 heteroatoms. The number of hydrogen-bond donors (Lipinski definition) is 2. The molecule has 2 N–H and O–H groups in total. The predicted octanol–water partition coefficient (Wildman–Crippen LogP) is 1.44. The van der Waals surface area contributed by atoms with Gasteiger partial charge in [0.2, 0.25) is 5.91 Å². The highest BCUT2D eigenvalue weighted by atomic mass is 32.2. The van der Waals surface area contributed by atoms with Gasteiger partial charge < -0.3 is 20.3 Å². The highest BCUT2D eigenvalue weighted by molar-refractivity contribution is 7.99. The molecule has 1 aromatic carbocycles. The summed E-state index contributed by atoms with van der Waals surface area (Å²) in [5, 5.41) is 6.43. The van der Waals surface area contributed by atoms with E-state index in [9.17, 15) is 4.79 Å². The van der Waals surface area contributed by atoms with E-state index in [1.54, 1.807) is 25.9 Å². The summed E-state index contributed by atoms with van der Waals surface area (Å²) in [4.78, 5) is 18.8. The second kappa shape index (κ2) is 12.7. The minimum absolute atomic E-state index is 0.0282. The van der Waals surface area contributed by atoms with Gasteiger partial charge in [-0.25, -0.2) is 4.99 Å². The zero-order valence-corrected chi connectivity index (χ0v) is 15.6. The van der Waals surface area contributed by atoms with Gasteiger partial charge in [-0.3, -0.25) is 4.79 Å². The van der Waals surface area contributed by atoms with Gasteiger partial charge in [0.1, 0.15) is 6.54 Å². The molecule has 1 amide bonds. The number of guanidine groups is 1. The lowest BCUT2D eigenvalue weighted by Crippen LogP contribution is -2.41. The fourth-order valence-electron chi connectivity index (χ4n) is 1.70. The molecule has 6 nitrogen and oxygen atoms in total. The molecule has 0 aliphatic carbocycles. The number of likely N-dealkylation sites (N-methyl/N-ethyl adjacent to an activating group) is 1. The van der Waals surface area contributed by atoms with Crippen LogP contribution in [0, 0.1) is 0 Å². The van der Waals surface area contributed by atoms with Crippen LogP contribution < -0.4 is 10.6 Å². The van der Waals surface area contributed by atoms with E-state index in [1.807, 2.05) is 25.1 Å². The number of benzene rings is 1. The maximum absolute atomic E-state index is 11.7. The molecule has 0 unspecified atom stereocenters. The number of rotatable bonds is 10. The van der Waals surface area contributed by atoms with Crippen molar-refractivity contribution in [3.63, 3.8) is 0 Å². The predicted molar refractivity (Wildman–Crippen MR) is 101 cm³/mol. The summed E-state index contributed by atoms with van der Waals surface area (Å²) in [6.45, 7) is 4.80. The van der Waals surface area contributed by atoms with Gasteiger partial charge in [-0.1, -0.05) is 18.2 Å². The number of amides is 1. The quantitative estimate of drug-likeness (QED) is 0.289. The van der Waals surface area contributed by atoms with Crippen molar-refractivity contribution in [3.05, 3.63) is 30.3 Å². The topological polar surface area (TPSA) is 66.0 Å². The summed E-state index contributed by atoms with van der Waals surface area (Å²) in [7, 11) is 3.45. The zero-order valence-electron chi connectivity index (χ0n) is 14.7. The van der Waals surface area contributed by atoms with Crippen molar-refractivity contribution in [2.24, 2.45) is 4.99 Å². The van der Waals surface area contributed by atoms with Crippen molar-refractivity contribution >= 4 is 23.6 Å². The van der Waals surface area contributed by atoms with E-state index in [0.29, 0.717) is 25.7 Å². The number of hydrogen-bond acceptors (Lipinski definition) is 4. The summed E-state index contributed by atoms with van der Waals surface area (Å²) < 4.78 is 5.31. The summed E-state index contributed by atoms with van der Waals surface area (Å²) in [5.74, 6) is 1.52. The second-order valence-electron chi connectivity index (χ2n) is 5.16. The first-order chi connectivity index (χ1) is 11.6. The lowest BCUT2D eigenvalue weighted by atomic mass is 10.4. The van der Waals surface area contributed by atoms with Crippen molar-refractivity contribution in [1.82, 2.24) is 15.5 Å². The van der Waals surface area contributed by atoms with Crippen LogP contribution >= 0.6 is 11.8 Å². The molecule has 0 radical (unpaired) electrons. The fraction of sp³-hybridized carbons (Fsp3) is 0.529. The average Bonchev–Trinajstić information content (AvgIpc) is 2.59. The Morgan fingerprint density at radius 3 is 2.58 bits per heavy atom. The lowest BCUT2D eigenvalue weighted by molar-refractivity contribution is -0.127. The Balaban J connectivity index is 2.38. The van der Waals surface area contributed by atoms with Crippen molar-refractivity contribution in [1.29, 1.82) is 0 Å². The van der Waals surface area contributed by atoms with Gasteiger partial charge in [0.05, 0.1) is 6.61 Å². The molecule has 0 bridgehead atoms. The molecule has 24 heavy (non-hydrogen) atoms. The zero-order chi connectivity index (χ0) is 17.6. The Morgan fingerprint density at radius 2 is 1.92 bits per heavy atom. The van der Waals surface area contributed by atoms with Gasteiger partial charge in [-0.15, -0.1) is 11.8 Å². The van der Waals surface area contributed by atoms with E-state index >= 15 is 0 Å². The van der Waals surface area contributed by atoms with Crippen LogP contribution in [0.3, 0.4) is 0 Å². The molecule has 0 aromatic heterocycles. The van der Waals surface area contributed by atoms with E-state index in [4.69, 9.17) is 4.74 Å². The first kappa shape index (κ1) is 20.3. The fourth-order valence-corrected chi connectivity index (χ4v) is 2.49. The number of ether oxygens (including phenoxy) is 1. The standard InChI is InChI=1S/C17H28N4O2S/c1-4-23-12-10-18-17(20-14-16(22)21(2)3)19-11-13-24-15-8-6-5-7-9-15/h5-9H,4,10-14H2,1-3H3,(H2,18,19,20). The van der Waals surface area contributed by atoms with Gasteiger partial charge >= 0.3 is 0 Å². The molecule has 0 aliphatic heterocycles. The maximum atomic E-state index is 11.7. The number of nitrogens with one attached hydrogen (secondary N) is 2. The Morgan fingerprint density at radius 1 is 1.21 bits per heavy atom. The largest absolute Gasteiger partial charge is 0.380 e. The third-order valence-corrected chi connectivity index (χ3v) is 4.03. The number of aliphatic imine (C=N–C) groups is 1. The minimum atomic E-state index is -0.0282. The van der Waals surface area contributed by atoms with Crippen LogP contribution in [0.5, 0.6) is 0 Å². The normalized spacial score (nSPS) is 11.2. The number of thioether (sulfide) groups is 1. The monoisotopic (exact) mass is 352 g/mol. The smallest absolute Gasteiger partial charge is 0.243 e. The lowest BCUT2D eigenvalue weighted by Gasteiger charge is -2.13. The molecular weight excluding hydrogens is 324 g/mol. The van der Waals surface area contributed by atoms with Crippen LogP contribution in [0.15, 0.2) is 40.2 Å². The Kier molecular flexibility index (Phi) is 10.7. The SMILES string of the molecule is CCOCCNC(=NCC(=O)N(C)C)NCCSc1ccccc1. The van der Waals surface area contributed by atoms with E-state index in [-0.39, 0.29) is 12.5 Å². The number of carbonyl (C=O) groups excluding carboxylic acids is 1. The van der Waals surface area contributed by atoms with Crippen molar-refractivity contribution in [2.45, 2.75) is 11.8 Å². The molecule has 0 saturated heterocycles. The highest BCUT2D eigenvalue weighted by Crippen LogP contribution is 2.15. The Hall–Kier alpha value is -1.73. The molecule has 0 saturated carbocycles. The van der Waals surface area contributed by atoms with Crippen molar-refractivity contribution < 1.29 is 9.53 Å². The first-order valence-corrected chi connectivity index (χ1v) is 9.10. The van der Waals surface area contributed by atoms with E-state index in [0.717, 1.165) is 12.3 Å². The van der Waals surface area contributed by atoms with Crippen LogP contribution in [-0.4, -0.2) is 69.5 Å². The van der Waals surface area contributed by atoms with Crippen LogP contribution in [0.4, 0.5) is 0 Å². The molecule has 134 valence electrons. The third kappa shape index (κ3) is 9.42. The molecule has 0 heterocycles. The van der Waals surface area contributed by atoms with E-state index < -0.39 is 0 Å². The second-order valence-corrected chi connectivity index (χ2v) is 6.33. The Labute approximate surface area is 149 Å². The van der Waals surface area contributed by atoms with Gasteiger partial charge in [-0.2, -0.15) is 0 Å². The first-order valence-electron chi connectivity index (χ1n) is 8.11. The molecule has 1 rings (SSSR count). The summed E-state index contributed by atoms with van der Waals surface area (Å²) >= 11 is 1.78. The average molecular weight is 353 g/mol. The Bertz CT molecular complexity index is 495. The number of nitrogens with zero attached hydrogens (tertiary/aromatic N) is 2. The maximum Gasteiger partial charge on any atom is 0.243 e. The summed E-state index contributed by atoms with van der Waals surface area (Å²) in [6, 6.07) is 10.3. The van der Waals surface area contributed by atoms with E-state index in [1.165, 1.54) is 9.80 Å². The molecule has 0 spiro atoms. The minimum Gasteiger partial charge on any atom is -0.380 e. The van der Waals surface area contributed by atoms with Crippen molar-refractivity contribution in [2.75, 3.05) is 52.7 Å². The molecule has 1 aromatic rings. The summed E-state index contributed by atoms with van der Waals surface area (Å²) in [5.41, 5.74) is 0. The molecular formula is C17H28N4O2S. The van der Waals surface area contributed by atoms with E-state index in [2.05, 4.69) is 27.8 Å². The van der Waals surface area contributed by atoms with Crippen LogP contribution in [0.25, 0.3) is 0 Å². The summed E-state index contributed by atoms with van der Waals surface area (Å²) in [6.07, 6.45) is 0. The van der Waals surface area contributed by atoms with Gasteiger partial charge in [0.25, 0.3) is 0 Å². The van der Waals surface area contributed by atoms with Gasteiger partial charge in [0, 0.05) is 44.4 Å². The number of carbonyl (C=O) groups is 1. The van der Waals surface area contributed by atoms with Gasteiger partial charge in [0.15, 0.2) is 5.96 Å². The van der Waals surface area contributed by atoms with Crippen LogP contribution in [-0.2, 0) is 9.53 Å². The highest BCUT2D eigenvalue weighted by Gasteiger charge is 2.04. The molecule has 0 fully saturated rings. The van der Waals surface area contributed by atoms with Gasteiger partial charge in [-0.05, 0) is 19.1 Å². The van der Waals surface area contributed by atoms with Crippen LogP contribution in [0.2, 0.25) is 0 Å². The van der Waals surface area contributed by atoms with Crippen molar-refractivity contribution in [3.8, 4) is 0 Å². The molecule has 0 aliphatic rings. The molecule has 0 atom stereocenters.